The van der Waals surface area contributed by atoms with Crippen LogP contribution in [0.1, 0.15) is 32.7 Å². The van der Waals surface area contributed by atoms with Crippen molar-refractivity contribution in [1.29, 1.82) is 0 Å². The molecule has 2 atom stereocenters. The molecule has 3 aromatic rings. The molecule has 170 valence electrons. The Morgan fingerprint density at radius 1 is 1.03 bits per heavy atom. The number of ether oxygens (including phenoxy) is 3. The van der Waals surface area contributed by atoms with Crippen molar-refractivity contribution >= 4 is 23.4 Å². The summed E-state index contributed by atoms with van der Waals surface area (Å²) < 4.78 is 18.5. The van der Waals surface area contributed by atoms with Crippen LogP contribution in [0.3, 0.4) is 0 Å². The fraction of sp³-hybridized carbons (Fsp3) is 0.348. The molecule has 0 fully saturated rings. The standard InChI is InChI=1S/C23H28N4O4S/c1-6-27-21(15(2)31-20-10-8-7-9-19(20)30-5)25-26-23(27)32-16(3)22(28)24-17-11-13-18(29-4)14-12-17/h7-16H,6H2,1-5H3,(H,24,28). The van der Waals surface area contributed by atoms with E-state index in [9.17, 15) is 4.79 Å². The Bertz CT molecular complexity index is 1040. The summed E-state index contributed by atoms with van der Waals surface area (Å²) in [5.41, 5.74) is 0.708. The van der Waals surface area contributed by atoms with Gasteiger partial charge in [0.2, 0.25) is 5.91 Å². The van der Waals surface area contributed by atoms with E-state index in [-0.39, 0.29) is 17.3 Å². The average molecular weight is 457 g/mol. The lowest BCUT2D eigenvalue weighted by Gasteiger charge is -2.18. The van der Waals surface area contributed by atoms with Crippen LogP contribution in [-0.2, 0) is 11.3 Å². The van der Waals surface area contributed by atoms with E-state index in [0.29, 0.717) is 34.7 Å². The van der Waals surface area contributed by atoms with E-state index in [4.69, 9.17) is 14.2 Å². The second-order valence-electron chi connectivity index (χ2n) is 6.97. The molecule has 32 heavy (non-hydrogen) atoms. The summed E-state index contributed by atoms with van der Waals surface area (Å²) in [5.74, 6) is 2.59. The third kappa shape index (κ3) is 5.53. The number of amides is 1. The van der Waals surface area contributed by atoms with Crippen LogP contribution in [0.15, 0.2) is 53.7 Å². The van der Waals surface area contributed by atoms with E-state index in [1.807, 2.05) is 49.6 Å². The molecule has 1 N–H and O–H groups in total. The number of benzene rings is 2. The minimum atomic E-state index is -0.370. The molecule has 2 unspecified atom stereocenters. The molecule has 3 rings (SSSR count). The number of nitrogens with one attached hydrogen (secondary N) is 1. The van der Waals surface area contributed by atoms with E-state index in [1.54, 1.807) is 38.5 Å². The van der Waals surface area contributed by atoms with Gasteiger partial charge in [-0.15, -0.1) is 10.2 Å². The van der Waals surface area contributed by atoms with Gasteiger partial charge in [-0.3, -0.25) is 4.79 Å². The van der Waals surface area contributed by atoms with E-state index >= 15 is 0 Å². The monoisotopic (exact) mass is 456 g/mol. The molecule has 0 radical (unpaired) electrons. The zero-order valence-corrected chi connectivity index (χ0v) is 19.7. The summed E-state index contributed by atoms with van der Waals surface area (Å²) in [6.45, 7) is 6.41. The average Bonchev–Trinajstić information content (AvgIpc) is 3.22. The highest BCUT2D eigenvalue weighted by Gasteiger charge is 2.23. The van der Waals surface area contributed by atoms with Gasteiger partial charge in [-0.2, -0.15) is 0 Å². The number of rotatable bonds is 10. The first-order valence-electron chi connectivity index (χ1n) is 10.3. The number of hydrogen-bond acceptors (Lipinski definition) is 7. The predicted octanol–water partition coefficient (Wildman–Crippen LogP) is 4.57. The molecule has 0 saturated carbocycles. The van der Waals surface area contributed by atoms with E-state index in [1.165, 1.54) is 11.8 Å². The molecule has 1 amide bonds. The van der Waals surface area contributed by atoms with Gasteiger partial charge in [0.15, 0.2) is 28.6 Å². The lowest BCUT2D eigenvalue weighted by atomic mass is 10.3. The zero-order chi connectivity index (χ0) is 23.1. The summed E-state index contributed by atoms with van der Waals surface area (Å²) in [4.78, 5) is 12.7. The summed E-state index contributed by atoms with van der Waals surface area (Å²) in [6, 6.07) is 14.7. The minimum Gasteiger partial charge on any atom is -0.497 e. The van der Waals surface area contributed by atoms with Gasteiger partial charge in [0.1, 0.15) is 5.75 Å². The fourth-order valence-electron chi connectivity index (χ4n) is 3.07. The maximum absolute atomic E-state index is 12.7. The number of para-hydroxylation sites is 2. The van der Waals surface area contributed by atoms with Crippen molar-refractivity contribution in [1.82, 2.24) is 14.8 Å². The van der Waals surface area contributed by atoms with Gasteiger partial charge in [-0.05, 0) is 57.2 Å². The number of hydrogen-bond donors (Lipinski definition) is 1. The number of anilines is 1. The number of carbonyl (C=O) groups is 1. The third-order valence-electron chi connectivity index (χ3n) is 4.81. The van der Waals surface area contributed by atoms with Gasteiger partial charge in [0, 0.05) is 12.2 Å². The first-order valence-corrected chi connectivity index (χ1v) is 11.2. The number of carbonyl (C=O) groups excluding carboxylic acids is 1. The number of methoxy groups -OCH3 is 2. The van der Waals surface area contributed by atoms with Gasteiger partial charge < -0.3 is 24.1 Å². The van der Waals surface area contributed by atoms with Crippen LogP contribution in [0.25, 0.3) is 0 Å². The van der Waals surface area contributed by atoms with Gasteiger partial charge in [-0.25, -0.2) is 0 Å². The Balaban J connectivity index is 1.68. The molecule has 2 aromatic carbocycles. The van der Waals surface area contributed by atoms with E-state index in [2.05, 4.69) is 15.5 Å². The Morgan fingerprint density at radius 3 is 2.34 bits per heavy atom. The number of aromatic nitrogens is 3. The smallest absolute Gasteiger partial charge is 0.237 e. The molecule has 0 aliphatic carbocycles. The van der Waals surface area contributed by atoms with Crippen molar-refractivity contribution in [2.45, 2.75) is 43.8 Å². The van der Waals surface area contributed by atoms with E-state index < -0.39 is 0 Å². The maximum Gasteiger partial charge on any atom is 0.237 e. The van der Waals surface area contributed by atoms with Crippen LogP contribution in [0.5, 0.6) is 17.2 Å². The summed E-state index contributed by atoms with van der Waals surface area (Å²) in [5, 5.41) is 11.9. The quantitative estimate of drug-likeness (QED) is 0.447. The summed E-state index contributed by atoms with van der Waals surface area (Å²) in [7, 11) is 3.21. The largest absolute Gasteiger partial charge is 0.497 e. The van der Waals surface area contributed by atoms with Crippen molar-refractivity contribution in [2.75, 3.05) is 19.5 Å². The Labute approximate surface area is 192 Å². The van der Waals surface area contributed by atoms with Crippen molar-refractivity contribution in [3.05, 3.63) is 54.4 Å². The molecule has 1 heterocycles. The lowest BCUT2D eigenvalue weighted by molar-refractivity contribution is -0.115. The molecule has 0 spiro atoms. The molecule has 0 aliphatic rings. The molecule has 0 aliphatic heterocycles. The summed E-state index contributed by atoms with van der Waals surface area (Å²) in [6.07, 6.45) is -0.350. The Morgan fingerprint density at radius 2 is 1.72 bits per heavy atom. The lowest BCUT2D eigenvalue weighted by Crippen LogP contribution is -2.23. The van der Waals surface area contributed by atoms with Gasteiger partial charge in [-0.1, -0.05) is 23.9 Å². The molecule has 9 heteroatoms. The van der Waals surface area contributed by atoms with Gasteiger partial charge in [0.25, 0.3) is 0 Å². The summed E-state index contributed by atoms with van der Waals surface area (Å²) >= 11 is 1.35. The third-order valence-corrected chi connectivity index (χ3v) is 5.89. The van der Waals surface area contributed by atoms with Crippen LogP contribution in [0, 0.1) is 0 Å². The first kappa shape index (κ1) is 23.5. The Kier molecular flexibility index (Phi) is 7.99. The van der Waals surface area contributed by atoms with Crippen LogP contribution in [0.2, 0.25) is 0 Å². The Hall–Kier alpha value is -3.20. The minimum absolute atomic E-state index is 0.120. The van der Waals surface area contributed by atoms with Crippen LogP contribution in [-0.4, -0.2) is 40.1 Å². The number of nitrogens with zero attached hydrogens (tertiary/aromatic N) is 3. The zero-order valence-electron chi connectivity index (χ0n) is 18.9. The molecule has 8 nitrogen and oxygen atoms in total. The molecule has 1 aromatic heterocycles. The number of thioether (sulfide) groups is 1. The highest BCUT2D eigenvalue weighted by atomic mass is 32.2. The van der Waals surface area contributed by atoms with E-state index in [0.717, 1.165) is 5.75 Å². The molecule has 0 bridgehead atoms. The highest BCUT2D eigenvalue weighted by Crippen LogP contribution is 2.32. The van der Waals surface area contributed by atoms with Crippen molar-refractivity contribution in [3.63, 3.8) is 0 Å². The SMILES string of the molecule is CCn1c(SC(C)C(=O)Nc2ccc(OC)cc2)nnc1C(C)Oc1ccccc1OC. The fourth-order valence-corrected chi connectivity index (χ4v) is 3.99. The van der Waals surface area contributed by atoms with Crippen LogP contribution in [0.4, 0.5) is 5.69 Å². The van der Waals surface area contributed by atoms with Crippen molar-refractivity contribution < 1.29 is 19.0 Å². The topological polar surface area (TPSA) is 87.5 Å². The predicted molar refractivity (Wildman–Crippen MR) is 125 cm³/mol. The maximum atomic E-state index is 12.7. The second kappa shape index (κ2) is 10.9. The van der Waals surface area contributed by atoms with Crippen molar-refractivity contribution in [2.24, 2.45) is 0 Å². The first-order chi connectivity index (χ1) is 15.5. The normalized spacial score (nSPS) is 12.7. The van der Waals surface area contributed by atoms with Gasteiger partial charge in [0.05, 0.1) is 19.5 Å². The van der Waals surface area contributed by atoms with Crippen LogP contribution < -0.4 is 19.5 Å². The molecule has 0 saturated heterocycles. The molecular weight excluding hydrogens is 428 g/mol. The van der Waals surface area contributed by atoms with Crippen molar-refractivity contribution in [3.8, 4) is 17.2 Å². The van der Waals surface area contributed by atoms with Crippen LogP contribution >= 0.6 is 11.8 Å². The molecular formula is C23H28N4O4S. The second-order valence-corrected chi connectivity index (χ2v) is 8.28. The van der Waals surface area contributed by atoms with Gasteiger partial charge >= 0.3 is 0 Å². The highest BCUT2D eigenvalue weighted by molar-refractivity contribution is 8.00.